The predicted octanol–water partition coefficient (Wildman–Crippen LogP) is 2.86. The Morgan fingerprint density at radius 1 is 1.20 bits per heavy atom. The lowest BCUT2D eigenvalue weighted by atomic mass is 10.0. The first-order valence-corrected chi connectivity index (χ1v) is 8.33. The molecule has 0 atom stereocenters. The van der Waals surface area contributed by atoms with Gasteiger partial charge in [0.25, 0.3) is 0 Å². The molecule has 2 heterocycles. The molecule has 1 aromatic heterocycles. The van der Waals surface area contributed by atoms with Crippen LogP contribution in [-0.4, -0.2) is 48.2 Å². The van der Waals surface area contributed by atoms with Gasteiger partial charge in [0.1, 0.15) is 17.5 Å². The summed E-state index contributed by atoms with van der Waals surface area (Å²) in [5.41, 5.74) is 0.132. The Bertz CT molecular complexity index is 700. The SMILES string of the molecule is COc1nccc(N2CCC(N(C)Cc3c(F)cccc3F)CC2)n1. The van der Waals surface area contributed by atoms with Crippen LogP contribution in [-0.2, 0) is 6.54 Å². The van der Waals surface area contributed by atoms with Gasteiger partial charge in [0.15, 0.2) is 0 Å². The highest BCUT2D eigenvalue weighted by Crippen LogP contribution is 2.23. The van der Waals surface area contributed by atoms with E-state index in [1.807, 2.05) is 18.0 Å². The zero-order chi connectivity index (χ0) is 17.8. The molecule has 0 amide bonds. The topological polar surface area (TPSA) is 41.5 Å². The summed E-state index contributed by atoms with van der Waals surface area (Å²) in [6.45, 7) is 1.92. The highest BCUT2D eigenvalue weighted by molar-refractivity contribution is 5.38. The minimum absolute atomic E-state index is 0.132. The average molecular weight is 348 g/mol. The molecule has 25 heavy (non-hydrogen) atoms. The molecular formula is C18H22F2N4O. The summed E-state index contributed by atoms with van der Waals surface area (Å²) < 4.78 is 32.7. The van der Waals surface area contributed by atoms with Crippen LogP contribution in [0.15, 0.2) is 30.5 Å². The van der Waals surface area contributed by atoms with Crippen molar-refractivity contribution < 1.29 is 13.5 Å². The highest BCUT2D eigenvalue weighted by Gasteiger charge is 2.24. The minimum Gasteiger partial charge on any atom is -0.467 e. The van der Waals surface area contributed by atoms with E-state index in [1.54, 1.807) is 13.3 Å². The second-order valence-corrected chi connectivity index (χ2v) is 6.24. The van der Waals surface area contributed by atoms with Crippen LogP contribution >= 0.6 is 0 Å². The molecule has 0 radical (unpaired) electrons. The molecule has 1 aliphatic rings. The fourth-order valence-corrected chi connectivity index (χ4v) is 3.20. The van der Waals surface area contributed by atoms with Crippen LogP contribution in [0.3, 0.4) is 0 Å². The lowest BCUT2D eigenvalue weighted by molar-refractivity contribution is 0.195. The maximum atomic E-state index is 13.8. The highest BCUT2D eigenvalue weighted by atomic mass is 19.1. The van der Waals surface area contributed by atoms with Crippen molar-refractivity contribution in [3.05, 3.63) is 47.7 Å². The molecule has 134 valence electrons. The largest absolute Gasteiger partial charge is 0.467 e. The van der Waals surface area contributed by atoms with E-state index in [9.17, 15) is 8.78 Å². The molecule has 0 spiro atoms. The molecule has 1 aromatic carbocycles. The summed E-state index contributed by atoms with van der Waals surface area (Å²) in [7, 11) is 3.46. The second-order valence-electron chi connectivity index (χ2n) is 6.24. The Balaban J connectivity index is 1.60. The first-order valence-electron chi connectivity index (χ1n) is 8.33. The van der Waals surface area contributed by atoms with E-state index >= 15 is 0 Å². The van der Waals surface area contributed by atoms with Crippen molar-refractivity contribution >= 4 is 5.82 Å². The fourth-order valence-electron chi connectivity index (χ4n) is 3.20. The summed E-state index contributed by atoms with van der Waals surface area (Å²) in [5, 5.41) is 0. The molecule has 1 fully saturated rings. The Hall–Kier alpha value is -2.28. The smallest absolute Gasteiger partial charge is 0.318 e. The van der Waals surface area contributed by atoms with Gasteiger partial charge in [-0.25, -0.2) is 13.8 Å². The third-order valence-corrected chi connectivity index (χ3v) is 4.68. The van der Waals surface area contributed by atoms with Crippen LogP contribution in [0.5, 0.6) is 6.01 Å². The Labute approximate surface area is 146 Å². The maximum Gasteiger partial charge on any atom is 0.318 e. The summed E-state index contributed by atoms with van der Waals surface area (Å²) in [6, 6.07) is 6.49. The Kier molecular flexibility index (Phi) is 5.43. The summed E-state index contributed by atoms with van der Waals surface area (Å²) >= 11 is 0. The molecule has 1 saturated heterocycles. The maximum absolute atomic E-state index is 13.8. The number of ether oxygens (including phenoxy) is 1. The van der Waals surface area contributed by atoms with E-state index in [4.69, 9.17) is 4.74 Å². The van der Waals surface area contributed by atoms with Crippen molar-refractivity contribution in [2.24, 2.45) is 0 Å². The zero-order valence-electron chi connectivity index (χ0n) is 14.5. The number of halogens is 2. The number of aromatic nitrogens is 2. The van der Waals surface area contributed by atoms with E-state index in [1.165, 1.54) is 18.2 Å². The number of anilines is 1. The van der Waals surface area contributed by atoms with Crippen molar-refractivity contribution in [2.45, 2.75) is 25.4 Å². The average Bonchev–Trinajstić information content (AvgIpc) is 2.65. The molecule has 3 rings (SSSR count). The van der Waals surface area contributed by atoms with Crippen LogP contribution in [0.1, 0.15) is 18.4 Å². The van der Waals surface area contributed by atoms with Crippen LogP contribution in [0.4, 0.5) is 14.6 Å². The van der Waals surface area contributed by atoms with Crippen molar-refractivity contribution in [2.75, 3.05) is 32.1 Å². The first-order chi connectivity index (χ1) is 12.1. The number of benzene rings is 1. The lowest BCUT2D eigenvalue weighted by Crippen LogP contribution is -2.43. The lowest BCUT2D eigenvalue weighted by Gasteiger charge is -2.37. The van der Waals surface area contributed by atoms with E-state index in [0.29, 0.717) is 6.01 Å². The van der Waals surface area contributed by atoms with Crippen molar-refractivity contribution in [3.63, 3.8) is 0 Å². The predicted molar refractivity (Wildman–Crippen MR) is 91.6 cm³/mol. The van der Waals surface area contributed by atoms with Gasteiger partial charge in [-0.1, -0.05) is 6.07 Å². The van der Waals surface area contributed by atoms with Gasteiger partial charge in [0.2, 0.25) is 0 Å². The van der Waals surface area contributed by atoms with Gasteiger partial charge >= 0.3 is 6.01 Å². The van der Waals surface area contributed by atoms with Crippen molar-refractivity contribution in [3.8, 4) is 6.01 Å². The van der Waals surface area contributed by atoms with Crippen LogP contribution in [0.25, 0.3) is 0 Å². The van der Waals surface area contributed by atoms with Gasteiger partial charge in [0.05, 0.1) is 7.11 Å². The van der Waals surface area contributed by atoms with Crippen LogP contribution < -0.4 is 9.64 Å². The molecule has 0 saturated carbocycles. The molecule has 0 aliphatic carbocycles. The summed E-state index contributed by atoms with van der Waals surface area (Å²) in [6.07, 6.45) is 3.48. The van der Waals surface area contributed by atoms with E-state index in [-0.39, 0.29) is 18.2 Å². The standard InChI is InChI=1S/C18H22F2N4O/c1-23(12-14-15(19)4-3-5-16(14)20)13-7-10-24(11-8-13)17-6-9-21-18(22-17)25-2/h3-6,9,13H,7-8,10-12H2,1-2H3. The third kappa shape index (κ3) is 4.04. The summed E-state index contributed by atoms with van der Waals surface area (Å²) in [4.78, 5) is 12.6. The number of nitrogens with zero attached hydrogens (tertiary/aromatic N) is 4. The summed E-state index contributed by atoms with van der Waals surface area (Å²) in [5.74, 6) is -0.136. The molecule has 7 heteroatoms. The quantitative estimate of drug-likeness (QED) is 0.831. The fraction of sp³-hybridized carbons (Fsp3) is 0.444. The second kappa shape index (κ2) is 7.74. The molecular weight excluding hydrogens is 326 g/mol. The van der Waals surface area contributed by atoms with E-state index in [0.717, 1.165) is 31.7 Å². The molecule has 5 nitrogen and oxygen atoms in total. The zero-order valence-corrected chi connectivity index (χ0v) is 14.5. The molecule has 2 aromatic rings. The van der Waals surface area contributed by atoms with Gasteiger partial charge in [0, 0.05) is 37.4 Å². The van der Waals surface area contributed by atoms with Crippen LogP contribution in [0, 0.1) is 11.6 Å². The number of hydrogen-bond acceptors (Lipinski definition) is 5. The molecule has 1 aliphatic heterocycles. The van der Waals surface area contributed by atoms with Gasteiger partial charge in [-0.05, 0) is 38.1 Å². The van der Waals surface area contributed by atoms with E-state index in [2.05, 4.69) is 14.9 Å². The monoisotopic (exact) mass is 348 g/mol. The number of piperidine rings is 1. The normalized spacial score (nSPS) is 15.6. The van der Waals surface area contributed by atoms with Crippen LogP contribution in [0.2, 0.25) is 0 Å². The molecule has 0 N–H and O–H groups in total. The van der Waals surface area contributed by atoms with Crippen molar-refractivity contribution in [1.82, 2.24) is 14.9 Å². The van der Waals surface area contributed by atoms with Gasteiger partial charge in [-0.2, -0.15) is 4.98 Å². The number of rotatable bonds is 5. The van der Waals surface area contributed by atoms with Crippen molar-refractivity contribution in [1.29, 1.82) is 0 Å². The van der Waals surface area contributed by atoms with Gasteiger partial charge < -0.3 is 9.64 Å². The minimum atomic E-state index is -0.489. The van der Waals surface area contributed by atoms with E-state index < -0.39 is 11.6 Å². The Morgan fingerprint density at radius 3 is 2.52 bits per heavy atom. The first kappa shape index (κ1) is 17.5. The number of methoxy groups -OCH3 is 1. The Morgan fingerprint density at radius 2 is 1.88 bits per heavy atom. The molecule has 0 bridgehead atoms. The van der Waals surface area contributed by atoms with Gasteiger partial charge in [-0.15, -0.1) is 0 Å². The van der Waals surface area contributed by atoms with Gasteiger partial charge in [-0.3, -0.25) is 4.90 Å². The third-order valence-electron chi connectivity index (χ3n) is 4.68. The number of hydrogen-bond donors (Lipinski definition) is 0. The molecule has 0 unspecified atom stereocenters.